The van der Waals surface area contributed by atoms with Crippen LogP contribution in [0.5, 0.6) is 0 Å². The minimum absolute atomic E-state index is 0.228. The van der Waals surface area contributed by atoms with E-state index in [1.165, 1.54) is 11.2 Å². The lowest BCUT2D eigenvalue weighted by molar-refractivity contribution is -0.115. The van der Waals surface area contributed by atoms with Crippen LogP contribution in [0.15, 0.2) is 12.3 Å². The van der Waals surface area contributed by atoms with E-state index in [4.69, 9.17) is 9.84 Å². The Morgan fingerprint density at radius 2 is 2.21 bits per heavy atom. The molecule has 0 saturated carbocycles. The number of imide groups is 1. The van der Waals surface area contributed by atoms with Crippen LogP contribution in [0.3, 0.4) is 0 Å². The number of hydrogen-bond acceptors (Lipinski definition) is 4. The molecule has 0 aliphatic carbocycles. The average Bonchev–Trinajstić information content (AvgIpc) is 2.77. The smallest absolute Gasteiger partial charge is 0.407 e. The van der Waals surface area contributed by atoms with Gasteiger partial charge in [-0.15, -0.1) is 0 Å². The van der Waals surface area contributed by atoms with Crippen molar-refractivity contribution in [2.24, 2.45) is 0 Å². The van der Waals surface area contributed by atoms with Crippen molar-refractivity contribution in [3.05, 3.63) is 12.3 Å². The molecule has 8 heteroatoms. The first-order valence-electron chi connectivity index (χ1n) is 5.90. The molecule has 1 fully saturated rings. The molecule has 0 radical (unpaired) electrons. The Kier molecular flexibility index (Phi) is 5.65. The van der Waals surface area contributed by atoms with E-state index in [1.54, 1.807) is 6.92 Å². The van der Waals surface area contributed by atoms with Gasteiger partial charge in [-0.3, -0.25) is 10.1 Å². The Hall–Kier alpha value is -2.25. The molecule has 0 aromatic heterocycles. The molecule has 3 N–H and O–H groups in total. The number of rotatable bonds is 4. The lowest BCUT2D eigenvalue weighted by Crippen LogP contribution is -2.45. The van der Waals surface area contributed by atoms with Gasteiger partial charge in [-0.05, 0) is 13.3 Å². The Balaban J connectivity index is 2.28. The summed E-state index contributed by atoms with van der Waals surface area (Å²) >= 11 is 0. The second-order valence-corrected chi connectivity index (χ2v) is 3.93. The predicted molar refractivity (Wildman–Crippen MR) is 65.4 cm³/mol. The fourth-order valence-corrected chi connectivity index (χ4v) is 1.63. The van der Waals surface area contributed by atoms with Crippen molar-refractivity contribution < 1.29 is 24.2 Å². The fraction of sp³-hybridized carbons (Fsp3) is 0.545. The van der Waals surface area contributed by atoms with Crippen LogP contribution in [0.25, 0.3) is 0 Å². The maximum Gasteiger partial charge on any atom is 0.407 e. The first-order chi connectivity index (χ1) is 9.02. The molecular weight excluding hydrogens is 254 g/mol. The maximum atomic E-state index is 11.4. The van der Waals surface area contributed by atoms with Crippen molar-refractivity contribution in [3.8, 4) is 0 Å². The number of nitrogens with zero attached hydrogens (tertiary/aromatic N) is 1. The van der Waals surface area contributed by atoms with E-state index in [1.807, 2.05) is 0 Å². The number of urea groups is 1. The summed E-state index contributed by atoms with van der Waals surface area (Å²) in [6.45, 7) is 2.80. The number of ether oxygens (including phenoxy) is 1. The molecule has 1 unspecified atom stereocenters. The number of carbonyl (C=O) groups is 3. The zero-order valence-electron chi connectivity index (χ0n) is 10.6. The molecule has 1 saturated heterocycles. The van der Waals surface area contributed by atoms with E-state index in [0.717, 1.165) is 6.08 Å². The molecule has 1 rings (SSSR count). The summed E-state index contributed by atoms with van der Waals surface area (Å²) in [4.78, 5) is 34.6. The second-order valence-electron chi connectivity index (χ2n) is 3.93. The number of hydrogen-bond donors (Lipinski definition) is 3. The first kappa shape index (κ1) is 14.8. The molecule has 19 heavy (non-hydrogen) atoms. The van der Waals surface area contributed by atoms with Crippen LogP contribution in [0.2, 0.25) is 0 Å². The van der Waals surface area contributed by atoms with Crippen molar-refractivity contribution in [2.45, 2.75) is 19.4 Å². The van der Waals surface area contributed by atoms with Gasteiger partial charge in [-0.1, -0.05) is 0 Å². The summed E-state index contributed by atoms with van der Waals surface area (Å²) < 4.78 is 4.81. The van der Waals surface area contributed by atoms with Crippen LogP contribution in [0, 0.1) is 0 Å². The molecule has 0 spiro atoms. The van der Waals surface area contributed by atoms with Crippen LogP contribution >= 0.6 is 0 Å². The summed E-state index contributed by atoms with van der Waals surface area (Å²) in [5, 5.41) is 13.4. The van der Waals surface area contributed by atoms with Gasteiger partial charge in [-0.25, -0.2) is 9.59 Å². The van der Waals surface area contributed by atoms with Crippen molar-refractivity contribution in [2.75, 3.05) is 19.7 Å². The first-order valence-corrected chi connectivity index (χ1v) is 5.90. The van der Waals surface area contributed by atoms with Crippen LogP contribution in [0.1, 0.15) is 13.3 Å². The largest absolute Gasteiger partial charge is 0.501 e. The highest BCUT2D eigenvalue weighted by molar-refractivity contribution is 6.00. The van der Waals surface area contributed by atoms with Gasteiger partial charge in [0.15, 0.2) is 0 Å². The molecule has 1 heterocycles. The summed E-state index contributed by atoms with van der Waals surface area (Å²) in [6, 6.07) is -0.928. The molecule has 1 atom stereocenters. The van der Waals surface area contributed by atoms with Crippen LogP contribution < -0.4 is 10.6 Å². The molecule has 4 amide bonds. The molecule has 0 bridgehead atoms. The normalized spacial score (nSPS) is 18.4. The van der Waals surface area contributed by atoms with Crippen molar-refractivity contribution in [1.82, 2.24) is 15.5 Å². The number of carboxylic acid groups (broad SMARTS) is 1. The number of amides is 4. The molecule has 1 aliphatic rings. The third kappa shape index (κ3) is 5.28. The summed E-state index contributed by atoms with van der Waals surface area (Å²) in [5.74, 6) is -0.598. The summed E-state index contributed by atoms with van der Waals surface area (Å²) in [6.07, 6.45) is 1.81. The summed E-state index contributed by atoms with van der Waals surface area (Å²) in [7, 11) is 0. The Morgan fingerprint density at radius 1 is 1.47 bits per heavy atom. The van der Waals surface area contributed by atoms with Gasteiger partial charge in [-0.2, -0.15) is 0 Å². The lowest BCUT2D eigenvalue weighted by Gasteiger charge is -2.13. The van der Waals surface area contributed by atoms with Gasteiger partial charge in [0, 0.05) is 25.2 Å². The number of carbonyl (C=O) groups excluding carboxylic acids is 2. The minimum Gasteiger partial charge on any atom is -0.501 e. The molecular formula is C11H17N3O5. The topological polar surface area (TPSA) is 108 Å². The minimum atomic E-state index is -1.01. The Morgan fingerprint density at radius 3 is 2.79 bits per heavy atom. The third-order valence-electron chi connectivity index (χ3n) is 2.51. The van der Waals surface area contributed by atoms with E-state index in [-0.39, 0.29) is 12.6 Å². The zero-order chi connectivity index (χ0) is 14.3. The van der Waals surface area contributed by atoms with Crippen LogP contribution in [-0.2, 0) is 9.53 Å². The summed E-state index contributed by atoms with van der Waals surface area (Å²) in [5.41, 5.74) is 0. The molecule has 106 valence electrons. The third-order valence-corrected chi connectivity index (χ3v) is 2.51. The number of nitrogens with one attached hydrogen (secondary N) is 2. The zero-order valence-corrected chi connectivity index (χ0v) is 10.6. The SMILES string of the molecule is CCO/C=C/C(=O)NC(=O)NC1CCN(C(=O)O)C1. The monoisotopic (exact) mass is 271 g/mol. The predicted octanol–water partition coefficient (Wildman–Crippen LogP) is 0.115. The van der Waals surface area contributed by atoms with E-state index in [2.05, 4.69) is 10.6 Å². The molecule has 1 aliphatic heterocycles. The van der Waals surface area contributed by atoms with Crippen molar-refractivity contribution in [3.63, 3.8) is 0 Å². The van der Waals surface area contributed by atoms with E-state index >= 15 is 0 Å². The van der Waals surface area contributed by atoms with Gasteiger partial charge in [0.05, 0.1) is 12.9 Å². The van der Waals surface area contributed by atoms with Crippen molar-refractivity contribution in [1.29, 1.82) is 0 Å². The quantitative estimate of drug-likeness (QED) is 0.497. The number of likely N-dealkylation sites (tertiary alicyclic amines) is 1. The highest BCUT2D eigenvalue weighted by Gasteiger charge is 2.27. The standard InChI is InChI=1S/C11H17N3O5/c1-2-19-6-4-9(15)13-10(16)12-8-3-5-14(7-8)11(17)18/h4,6,8H,2-3,5,7H2,1H3,(H,17,18)(H2,12,13,15,16)/b6-4+. The Bertz CT molecular complexity index is 383. The van der Waals surface area contributed by atoms with Crippen molar-refractivity contribution >= 4 is 18.0 Å². The van der Waals surface area contributed by atoms with Gasteiger partial charge < -0.3 is 20.1 Å². The molecule has 8 nitrogen and oxygen atoms in total. The van der Waals surface area contributed by atoms with Gasteiger partial charge in [0.2, 0.25) is 0 Å². The second kappa shape index (κ2) is 7.24. The molecule has 0 aromatic carbocycles. The van der Waals surface area contributed by atoms with E-state index in [0.29, 0.717) is 19.6 Å². The van der Waals surface area contributed by atoms with Gasteiger partial charge in [0.1, 0.15) is 0 Å². The van der Waals surface area contributed by atoms with Crippen LogP contribution in [0.4, 0.5) is 9.59 Å². The fourth-order valence-electron chi connectivity index (χ4n) is 1.63. The lowest BCUT2D eigenvalue weighted by atomic mass is 10.3. The van der Waals surface area contributed by atoms with Gasteiger partial charge >= 0.3 is 12.1 Å². The van der Waals surface area contributed by atoms with Crippen LogP contribution in [-0.4, -0.2) is 53.8 Å². The van der Waals surface area contributed by atoms with Gasteiger partial charge in [0.25, 0.3) is 5.91 Å². The highest BCUT2D eigenvalue weighted by Crippen LogP contribution is 2.08. The molecule has 0 aromatic rings. The Labute approximate surface area is 110 Å². The average molecular weight is 271 g/mol. The highest BCUT2D eigenvalue weighted by atomic mass is 16.5. The van der Waals surface area contributed by atoms with E-state index in [9.17, 15) is 14.4 Å². The van der Waals surface area contributed by atoms with E-state index < -0.39 is 18.0 Å². The maximum absolute atomic E-state index is 11.4.